The molecule has 0 N–H and O–H groups in total. The minimum absolute atomic E-state index is 0.0532. The molecule has 112 valence electrons. The van der Waals surface area contributed by atoms with E-state index in [1.807, 2.05) is 6.92 Å². The average molecular weight is 304 g/mol. The summed E-state index contributed by atoms with van der Waals surface area (Å²) >= 11 is 1.69. The molecular weight excluding hydrogens is 284 g/mol. The molecule has 0 amide bonds. The van der Waals surface area contributed by atoms with E-state index in [1.54, 1.807) is 22.8 Å². The maximum Gasteiger partial charge on any atom is 0.262 e. The van der Waals surface area contributed by atoms with Gasteiger partial charge in [-0.15, -0.1) is 11.3 Å². The van der Waals surface area contributed by atoms with Crippen LogP contribution < -0.4 is 5.56 Å². The van der Waals surface area contributed by atoms with Crippen LogP contribution in [-0.4, -0.2) is 15.3 Å². The van der Waals surface area contributed by atoms with Gasteiger partial charge in [0.1, 0.15) is 16.4 Å². The second-order valence-corrected chi connectivity index (χ2v) is 6.77. The summed E-state index contributed by atoms with van der Waals surface area (Å²) in [6, 6.07) is 0. The van der Waals surface area contributed by atoms with E-state index in [9.17, 15) is 9.59 Å². The molecule has 0 radical (unpaired) electrons. The van der Waals surface area contributed by atoms with Crippen molar-refractivity contribution in [1.82, 2.24) is 9.55 Å². The zero-order valence-electron chi connectivity index (χ0n) is 12.6. The fourth-order valence-corrected chi connectivity index (χ4v) is 4.32. The van der Waals surface area contributed by atoms with Crippen LogP contribution in [0.1, 0.15) is 49.4 Å². The number of aryl methyl sites for hydroxylation is 3. The predicted octanol–water partition coefficient (Wildman–Crippen LogP) is 2.88. The highest BCUT2D eigenvalue weighted by atomic mass is 32.1. The van der Waals surface area contributed by atoms with Gasteiger partial charge in [0.25, 0.3) is 5.56 Å². The monoisotopic (exact) mass is 304 g/mol. The number of carbonyl (C=O) groups is 1. The molecular formula is C16H20N2O2S. The van der Waals surface area contributed by atoms with Gasteiger partial charge in [0.05, 0.1) is 5.39 Å². The van der Waals surface area contributed by atoms with E-state index in [0.29, 0.717) is 19.4 Å². The van der Waals surface area contributed by atoms with Crippen molar-refractivity contribution < 1.29 is 4.79 Å². The van der Waals surface area contributed by atoms with Gasteiger partial charge in [-0.05, 0) is 38.2 Å². The standard InChI is InChI=1S/C16H20N2O2S/c1-3-13-17-15-14(11-6-4-5-7-12(11)21-15)16(20)18(13)9-8-10(2)19/h3-9H2,1-2H3. The number of fused-ring (bicyclic) bond motifs is 3. The molecule has 0 aliphatic heterocycles. The van der Waals surface area contributed by atoms with Crippen molar-refractivity contribution >= 4 is 27.3 Å². The fraction of sp³-hybridized carbons (Fsp3) is 0.562. The van der Waals surface area contributed by atoms with Gasteiger partial charge in [0.15, 0.2) is 0 Å². The number of ketones is 1. The molecule has 5 heteroatoms. The highest BCUT2D eigenvalue weighted by Crippen LogP contribution is 2.33. The number of hydrogen-bond acceptors (Lipinski definition) is 4. The van der Waals surface area contributed by atoms with Crippen LogP contribution in [0.15, 0.2) is 4.79 Å². The lowest BCUT2D eigenvalue weighted by molar-refractivity contribution is -0.117. The summed E-state index contributed by atoms with van der Waals surface area (Å²) in [4.78, 5) is 31.1. The molecule has 2 aromatic heterocycles. The molecule has 1 aliphatic rings. The van der Waals surface area contributed by atoms with Gasteiger partial charge in [-0.25, -0.2) is 4.98 Å². The van der Waals surface area contributed by atoms with E-state index < -0.39 is 0 Å². The normalized spacial score (nSPS) is 14.4. The van der Waals surface area contributed by atoms with Crippen LogP contribution in [0.4, 0.5) is 0 Å². The largest absolute Gasteiger partial charge is 0.300 e. The average Bonchev–Trinajstić information content (AvgIpc) is 2.84. The summed E-state index contributed by atoms with van der Waals surface area (Å²) in [5.74, 6) is 0.906. The second kappa shape index (κ2) is 5.72. The Kier molecular flexibility index (Phi) is 3.93. The van der Waals surface area contributed by atoms with Gasteiger partial charge in [-0.1, -0.05) is 6.92 Å². The number of rotatable bonds is 4. The van der Waals surface area contributed by atoms with E-state index in [-0.39, 0.29) is 11.3 Å². The third-order valence-electron chi connectivity index (χ3n) is 4.16. The van der Waals surface area contributed by atoms with E-state index in [2.05, 4.69) is 0 Å². The first-order valence-corrected chi connectivity index (χ1v) is 8.46. The van der Waals surface area contributed by atoms with Gasteiger partial charge >= 0.3 is 0 Å². The Balaban J connectivity index is 2.19. The van der Waals surface area contributed by atoms with E-state index in [1.165, 1.54) is 16.9 Å². The maximum atomic E-state index is 12.9. The molecule has 2 aromatic rings. The molecule has 4 nitrogen and oxygen atoms in total. The molecule has 0 saturated carbocycles. The van der Waals surface area contributed by atoms with E-state index in [4.69, 9.17) is 4.98 Å². The number of thiophene rings is 1. The third kappa shape index (κ3) is 2.55. The Morgan fingerprint density at radius 3 is 2.81 bits per heavy atom. The van der Waals surface area contributed by atoms with Gasteiger partial charge in [0, 0.05) is 24.3 Å². The summed E-state index contributed by atoms with van der Waals surface area (Å²) < 4.78 is 1.71. The van der Waals surface area contributed by atoms with Crippen LogP contribution in [0.2, 0.25) is 0 Å². The van der Waals surface area contributed by atoms with Crippen LogP contribution in [0.5, 0.6) is 0 Å². The van der Waals surface area contributed by atoms with Crippen molar-refractivity contribution in [3.63, 3.8) is 0 Å². The Bertz CT molecular complexity index is 758. The smallest absolute Gasteiger partial charge is 0.262 e. The minimum atomic E-state index is 0.0532. The molecule has 0 spiro atoms. The SMILES string of the molecule is CCc1nc2sc3c(c2c(=O)n1CCC(C)=O)CCCC3. The van der Waals surface area contributed by atoms with Crippen LogP contribution >= 0.6 is 11.3 Å². The first kappa shape index (κ1) is 14.4. The summed E-state index contributed by atoms with van der Waals surface area (Å²) in [5.41, 5.74) is 1.27. The van der Waals surface area contributed by atoms with Gasteiger partial charge in [-0.2, -0.15) is 0 Å². The summed E-state index contributed by atoms with van der Waals surface area (Å²) in [7, 11) is 0. The molecule has 0 unspecified atom stereocenters. The van der Waals surface area contributed by atoms with Crippen LogP contribution in [-0.2, 0) is 30.6 Å². The lowest BCUT2D eigenvalue weighted by atomic mass is 9.97. The van der Waals surface area contributed by atoms with E-state index >= 15 is 0 Å². The topological polar surface area (TPSA) is 52.0 Å². The van der Waals surface area contributed by atoms with Crippen LogP contribution in [0, 0.1) is 0 Å². The Morgan fingerprint density at radius 1 is 1.33 bits per heavy atom. The lowest BCUT2D eigenvalue weighted by Gasteiger charge is -2.12. The number of Topliss-reactive ketones (excluding diaryl/α,β-unsaturated/α-hetero) is 1. The van der Waals surface area contributed by atoms with Crippen molar-refractivity contribution in [3.05, 3.63) is 26.6 Å². The van der Waals surface area contributed by atoms with E-state index in [0.717, 1.165) is 35.3 Å². The highest BCUT2D eigenvalue weighted by Gasteiger charge is 2.21. The van der Waals surface area contributed by atoms with Gasteiger partial charge < -0.3 is 0 Å². The van der Waals surface area contributed by atoms with Crippen molar-refractivity contribution in [2.75, 3.05) is 0 Å². The van der Waals surface area contributed by atoms with Gasteiger partial charge in [0.2, 0.25) is 0 Å². The molecule has 1 aliphatic carbocycles. The zero-order valence-corrected chi connectivity index (χ0v) is 13.4. The summed E-state index contributed by atoms with van der Waals surface area (Å²) in [6.07, 6.45) is 5.54. The molecule has 0 saturated heterocycles. The van der Waals surface area contributed by atoms with Crippen molar-refractivity contribution in [2.45, 2.75) is 58.9 Å². The first-order valence-electron chi connectivity index (χ1n) is 7.65. The third-order valence-corrected chi connectivity index (χ3v) is 5.34. The molecule has 0 fully saturated rings. The quantitative estimate of drug-likeness (QED) is 0.872. The second-order valence-electron chi connectivity index (χ2n) is 5.68. The Morgan fingerprint density at radius 2 is 2.10 bits per heavy atom. The highest BCUT2D eigenvalue weighted by molar-refractivity contribution is 7.18. The molecule has 0 aromatic carbocycles. The maximum absolute atomic E-state index is 12.9. The van der Waals surface area contributed by atoms with Crippen molar-refractivity contribution in [3.8, 4) is 0 Å². The number of hydrogen-bond donors (Lipinski definition) is 0. The Hall–Kier alpha value is -1.49. The zero-order chi connectivity index (χ0) is 15.0. The Labute approximate surface area is 127 Å². The van der Waals surface area contributed by atoms with Crippen LogP contribution in [0.3, 0.4) is 0 Å². The van der Waals surface area contributed by atoms with Crippen molar-refractivity contribution in [1.29, 1.82) is 0 Å². The van der Waals surface area contributed by atoms with Crippen molar-refractivity contribution in [2.24, 2.45) is 0 Å². The van der Waals surface area contributed by atoms with Crippen LogP contribution in [0.25, 0.3) is 10.2 Å². The van der Waals surface area contributed by atoms with Gasteiger partial charge in [-0.3, -0.25) is 14.2 Å². The first-order chi connectivity index (χ1) is 10.1. The molecule has 0 atom stereocenters. The predicted molar refractivity (Wildman–Crippen MR) is 85.2 cm³/mol. The number of carbonyl (C=O) groups excluding carboxylic acids is 1. The lowest BCUT2D eigenvalue weighted by Crippen LogP contribution is -2.26. The fourth-order valence-electron chi connectivity index (χ4n) is 3.05. The molecule has 21 heavy (non-hydrogen) atoms. The molecule has 0 bridgehead atoms. The number of aromatic nitrogens is 2. The summed E-state index contributed by atoms with van der Waals surface area (Å²) in [6.45, 7) is 4.02. The minimum Gasteiger partial charge on any atom is -0.300 e. The summed E-state index contributed by atoms with van der Waals surface area (Å²) in [5, 5.41) is 0.815. The molecule has 2 heterocycles. The number of nitrogens with zero attached hydrogens (tertiary/aromatic N) is 2. The molecule has 3 rings (SSSR count).